The van der Waals surface area contributed by atoms with E-state index in [2.05, 4.69) is 10.3 Å². The minimum Gasteiger partial charge on any atom is -0.326 e. The van der Waals surface area contributed by atoms with Crippen molar-refractivity contribution in [1.82, 2.24) is 4.98 Å². The first-order valence-electron chi connectivity index (χ1n) is 7.02. The quantitative estimate of drug-likeness (QED) is 0.797. The molecule has 0 saturated heterocycles. The molecule has 0 spiro atoms. The van der Waals surface area contributed by atoms with Gasteiger partial charge in [0.15, 0.2) is 0 Å². The highest BCUT2D eigenvalue weighted by Crippen LogP contribution is 2.19. The maximum absolute atomic E-state index is 13.1. The van der Waals surface area contributed by atoms with Gasteiger partial charge >= 0.3 is 0 Å². The Labute approximate surface area is 127 Å². The minimum atomic E-state index is -0.311. The fourth-order valence-electron chi connectivity index (χ4n) is 2.44. The van der Waals surface area contributed by atoms with E-state index in [0.717, 1.165) is 16.5 Å². The molecule has 110 valence electrons. The van der Waals surface area contributed by atoms with Crippen molar-refractivity contribution >= 4 is 22.5 Å². The van der Waals surface area contributed by atoms with Gasteiger partial charge in [-0.2, -0.15) is 0 Å². The number of amides is 1. The third-order valence-corrected chi connectivity index (χ3v) is 3.53. The van der Waals surface area contributed by atoms with E-state index in [0.29, 0.717) is 11.3 Å². The fraction of sp³-hybridized carbons (Fsp3) is 0.111. The van der Waals surface area contributed by atoms with Crippen LogP contribution in [0.2, 0.25) is 0 Å². The van der Waals surface area contributed by atoms with Crippen LogP contribution in [0, 0.1) is 12.7 Å². The molecule has 0 unspecified atom stereocenters. The number of nitrogens with zero attached hydrogens (tertiary/aromatic N) is 1. The molecule has 22 heavy (non-hydrogen) atoms. The molecule has 0 saturated carbocycles. The van der Waals surface area contributed by atoms with E-state index in [1.54, 1.807) is 19.2 Å². The molecule has 0 aliphatic heterocycles. The number of carbonyl (C=O) groups is 1. The number of fused-ring (bicyclic) bond motifs is 1. The first-order chi connectivity index (χ1) is 10.6. The second-order valence-electron chi connectivity index (χ2n) is 5.18. The molecule has 3 aromatic rings. The van der Waals surface area contributed by atoms with E-state index in [-0.39, 0.29) is 18.1 Å². The number of aryl methyl sites for hydroxylation is 1. The molecule has 3 rings (SSSR count). The molecule has 0 fully saturated rings. The number of aromatic nitrogens is 1. The lowest BCUT2D eigenvalue weighted by Gasteiger charge is -2.09. The first-order valence-corrected chi connectivity index (χ1v) is 7.02. The summed E-state index contributed by atoms with van der Waals surface area (Å²) in [5.74, 6) is -0.457. The highest BCUT2D eigenvalue weighted by atomic mass is 19.1. The van der Waals surface area contributed by atoms with Gasteiger partial charge in [-0.25, -0.2) is 4.39 Å². The zero-order valence-corrected chi connectivity index (χ0v) is 12.1. The smallest absolute Gasteiger partial charge is 0.228 e. The van der Waals surface area contributed by atoms with Gasteiger partial charge < -0.3 is 5.32 Å². The van der Waals surface area contributed by atoms with Gasteiger partial charge in [0.1, 0.15) is 5.82 Å². The highest BCUT2D eigenvalue weighted by molar-refractivity contribution is 5.95. The van der Waals surface area contributed by atoms with Gasteiger partial charge in [-0.05, 0) is 42.3 Å². The Morgan fingerprint density at radius 1 is 1.18 bits per heavy atom. The predicted molar refractivity (Wildman–Crippen MR) is 85.2 cm³/mol. The molecule has 4 heteroatoms. The number of para-hydroxylation sites is 1. The van der Waals surface area contributed by atoms with E-state index < -0.39 is 0 Å². The van der Waals surface area contributed by atoms with Gasteiger partial charge in [0.2, 0.25) is 5.91 Å². The number of hydrogen-bond donors (Lipinski definition) is 1. The molecule has 3 nitrogen and oxygen atoms in total. The highest BCUT2D eigenvalue weighted by Gasteiger charge is 2.09. The van der Waals surface area contributed by atoms with Gasteiger partial charge in [0.05, 0.1) is 11.9 Å². The van der Waals surface area contributed by atoms with Crippen LogP contribution in [0.3, 0.4) is 0 Å². The van der Waals surface area contributed by atoms with E-state index in [1.165, 1.54) is 12.1 Å². The molecular weight excluding hydrogens is 279 g/mol. The summed E-state index contributed by atoms with van der Waals surface area (Å²) in [5, 5.41) is 3.82. The number of benzene rings is 2. The summed E-state index contributed by atoms with van der Waals surface area (Å²) < 4.78 is 13.1. The van der Waals surface area contributed by atoms with Crippen LogP contribution >= 0.6 is 0 Å². The molecule has 0 atom stereocenters. The Hall–Kier alpha value is -2.75. The second kappa shape index (κ2) is 5.93. The topological polar surface area (TPSA) is 42.0 Å². The van der Waals surface area contributed by atoms with E-state index in [9.17, 15) is 9.18 Å². The molecule has 2 aromatic carbocycles. The molecule has 1 aromatic heterocycles. The molecule has 0 bridgehead atoms. The Morgan fingerprint density at radius 2 is 2.00 bits per heavy atom. The van der Waals surface area contributed by atoms with Crippen molar-refractivity contribution in [3.8, 4) is 0 Å². The number of rotatable bonds is 3. The van der Waals surface area contributed by atoms with Crippen LogP contribution in [0.4, 0.5) is 10.1 Å². The van der Waals surface area contributed by atoms with Crippen molar-refractivity contribution in [2.24, 2.45) is 0 Å². The van der Waals surface area contributed by atoms with Crippen molar-refractivity contribution in [1.29, 1.82) is 0 Å². The van der Waals surface area contributed by atoms with Crippen molar-refractivity contribution in [2.45, 2.75) is 13.3 Å². The van der Waals surface area contributed by atoms with Crippen LogP contribution in [-0.4, -0.2) is 10.9 Å². The summed E-state index contributed by atoms with van der Waals surface area (Å²) >= 11 is 0. The summed E-state index contributed by atoms with van der Waals surface area (Å²) in [4.78, 5) is 16.6. The van der Waals surface area contributed by atoms with Gasteiger partial charge in [-0.3, -0.25) is 9.78 Å². The van der Waals surface area contributed by atoms with Gasteiger partial charge in [-0.1, -0.05) is 24.3 Å². The Bertz CT molecular complexity index is 840. The van der Waals surface area contributed by atoms with Crippen molar-refractivity contribution in [3.63, 3.8) is 0 Å². The standard InChI is InChI=1S/C18H15FN2O/c1-12-10-15(19)7-8-16(12)21-17(22)11-14-5-2-4-13-6-3-9-20-18(13)14/h2-10H,11H2,1H3,(H,21,22). The monoisotopic (exact) mass is 294 g/mol. The first kappa shape index (κ1) is 14.2. The van der Waals surface area contributed by atoms with Gasteiger partial charge in [-0.15, -0.1) is 0 Å². The third kappa shape index (κ3) is 2.96. The lowest BCUT2D eigenvalue weighted by atomic mass is 10.1. The summed E-state index contributed by atoms with van der Waals surface area (Å²) in [6.07, 6.45) is 1.94. The van der Waals surface area contributed by atoms with Crippen molar-refractivity contribution in [3.05, 3.63) is 71.7 Å². The normalized spacial score (nSPS) is 10.6. The van der Waals surface area contributed by atoms with Crippen LogP contribution in [0.5, 0.6) is 0 Å². The third-order valence-electron chi connectivity index (χ3n) is 3.53. The zero-order chi connectivity index (χ0) is 15.5. The molecule has 0 aliphatic carbocycles. The van der Waals surface area contributed by atoms with Gasteiger partial charge in [0, 0.05) is 17.3 Å². The minimum absolute atomic E-state index is 0.145. The molecule has 0 radical (unpaired) electrons. The number of anilines is 1. The van der Waals surface area contributed by atoms with E-state index in [4.69, 9.17) is 0 Å². The number of nitrogens with one attached hydrogen (secondary N) is 1. The number of halogens is 1. The van der Waals surface area contributed by atoms with Crippen LogP contribution < -0.4 is 5.32 Å². The molecule has 1 amide bonds. The summed E-state index contributed by atoms with van der Waals surface area (Å²) in [6, 6.07) is 13.9. The van der Waals surface area contributed by atoms with Gasteiger partial charge in [0.25, 0.3) is 0 Å². The summed E-state index contributed by atoms with van der Waals surface area (Å²) in [6.45, 7) is 1.76. The van der Waals surface area contributed by atoms with Crippen LogP contribution in [0.15, 0.2) is 54.7 Å². The van der Waals surface area contributed by atoms with E-state index in [1.807, 2.05) is 30.3 Å². The van der Waals surface area contributed by atoms with Crippen LogP contribution in [-0.2, 0) is 11.2 Å². The largest absolute Gasteiger partial charge is 0.326 e. The second-order valence-corrected chi connectivity index (χ2v) is 5.18. The SMILES string of the molecule is Cc1cc(F)ccc1NC(=O)Cc1cccc2cccnc12. The number of pyridine rings is 1. The Kier molecular flexibility index (Phi) is 3.83. The van der Waals surface area contributed by atoms with Crippen LogP contribution in [0.1, 0.15) is 11.1 Å². The Balaban J connectivity index is 1.81. The molecule has 0 aliphatic rings. The maximum Gasteiger partial charge on any atom is 0.228 e. The predicted octanol–water partition coefficient (Wildman–Crippen LogP) is 3.86. The van der Waals surface area contributed by atoms with E-state index >= 15 is 0 Å². The fourth-order valence-corrected chi connectivity index (χ4v) is 2.44. The molecule has 1 N–H and O–H groups in total. The zero-order valence-electron chi connectivity index (χ0n) is 12.1. The Morgan fingerprint density at radius 3 is 2.82 bits per heavy atom. The van der Waals surface area contributed by atoms with Crippen LogP contribution in [0.25, 0.3) is 10.9 Å². The maximum atomic E-state index is 13.1. The number of carbonyl (C=O) groups excluding carboxylic acids is 1. The molecule has 1 heterocycles. The van der Waals surface area contributed by atoms with Crippen molar-refractivity contribution in [2.75, 3.05) is 5.32 Å². The van der Waals surface area contributed by atoms with Crippen molar-refractivity contribution < 1.29 is 9.18 Å². The molecular formula is C18H15FN2O. The lowest BCUT2D eigenvalue weighted by Crippen LogP contribution is -2.15. The summed E-state index contributed by atoms with van der Waals surface area (Å²) in [7, 11) is 0. The lowest BCUT2D eigenvalue weighted by molar-refractivity contribution is -0.115. The number of hydrogen-bond acceptors (Lipinski definition) is 2. The average molecular weight is 294 g/mol. The summed E-state index contributed by atoms with van der Waals surface area (Å²) in [5.41, 5.74) is 3.02. The average Bonchev–Trinajstić information content (AvgIpc) is 2.50.